The highest BCUT2D eigenvalue weighted by Gasteiger charge is 2.14. The summed E-state index contributed by atoms with van der Waals surface area (Å²) in [5.74, 6) is 0.545. The van der Waals surface area contributed by atoms with Gasteiger partial charge >= 0.3 is 0 Å². The number of benzene rings is 2. The lowest BCUT2D eigenvalue weighted by molar-refractivity contribution is 0.493. The summed E-state index contributed by atoms with van der Waals surface area (Å²) in [5.41, 5.74) is 10.2. The Kier molecular flexibility index (Phi) is 3.52. The van der Waals surface area contributed by atoms with Gasteiger partial charge in [-0.3, -0.25) is 0 Å². The van der Waals surface area contributed by atoms with E-state index in [9.17, 15) is 4.39 Å². The topological polar surface area (TPSA) is 39.2 Å². The number of fused-ring (bicyclic) bond motifs is 1. The molecule has 2 N–H and O–H groups in total. The van der Waals surface area contributed by atoms with Crippen molar-refractivity contribution in [2.45, 2.75) is 26.3 Å². The standard InChI is InChI=1S/C18H18FNO/c1-11-3-6-17-14(7-11)10-18(21-17)16(20)9-13-4-5-15(19)8-12(13)2/h3-8,10,16H,9,20H2,1-2H3. The van der Waals surface area contributed by atoms with Crippen LogP contribution in [-0.2, 0) is 6.42 Å². The van der Waals surface area contributed by atoms with Crippen molar-refractivity contribution in [3.63, 3.8) is 0 Å². The number of rotatable bonds is 3. The van der Waals surface area contributed by atoms with E-state index in [4.69, 9.17) is 10.2 Å². The minimum atomic E-state index is -0.234. The Morgan fingerprint density at radius 1 is 1.10 bits per heavy atom. The summed E-state index contributed by atoms with van der Waals surface area (Å²) >= 11 is 0. The van der Waals surface area contributed by atoms with E-state index in [1.807, 2.05) is 32.0 Å². The molecule has 0 amide bonds. The van der Waals surface area contributed by atoms with Crippen molar-refractivity contribution in [3.8, 4) is 0 Å². The normalized spacial score (nSPS) is 12.8. The zero-order valence-corrected chi connectivity index (χ0v) is 12.2. The fraction of sp³-hybridized carbons (Fsp3) is 0.222. The third-order valence-corrected chi connectivity index (χ3v) is 3.80. The van der Waals surface area contributed by atoms with Crippen molar-refractivity contribution >= 4 is 11.0 Å². The number of aryl methyl sites for hydroxylation is 2. The van der Waals surface area contributed by atoms with Crippen LogP contribution in [-0.4, -0.2) is 0 Å². The molecule has 108 valence electrons. The molecule has 0 aliphatic rings. The second kappa shape index (κ2) is 5.34. The van der Waals surface area contributed by atoms with Crippen molar-refractivity contribution in [1.82, 2.24) is 0 Å². The van der Waals surface area contributed by atoms with Gasteiger partial charge < -0.3 is 10.2 Å². The van der Waals surface area contributed by atoms with Gasteiger partial charge in [-0.05, 0) is 61.7 Å². The molecule has 0 spiro atoms. The second-order valence-corrected chi connectivity index (χ2v) is 5.57. The molecular formula is C18H18FNO. The Morgan fingerprint density at radius 2 is 1.90 bits per heavy atom. The quantitative estimate of drug-likeness (QED) is 0.772. The van der Waals surface area contributed by atoms with E-state index in [0.29, 0.717) is 6.42 Å². The molecule has 1 unspecified atom stereocenters. The fourth-order valence-electron chi connectivity index (χ4n) is 2.59. The molecule has 0 saturated heterocycles. The molecule has 1 atom stereocenters. The van der Waals surface area contributed by atoms with Crippen LogP contribution < -0.4 is 5.73 Å². The highest BCUT2D eigenvalue weighted by molar-refractivity contribution is 5.78. The molecule has 0 radical (unpaired) electrons. The van der Waals surface area contributed by atoms with E-state index in [1.54, 1.807) is 6.07 Å². The molecule has 0 aliphatic carbocycles. The summed E-state index contributed by atoms with van der Waals surface area (Å²) < 4.78 is 19.0. The van der Waals surface area contributed by atoms with Gasteiger partial charge in [0.05, 0.1) is 6.04 Å². The van der Waals surface area contributed by atoms with Crippen molar-refractivity contribution in [1.29, 1.82) is 0 Å². The first-order chi connectivity index (χ1) is 10.0. The van der Waals surface area contributed by atoms with Gasteiger partial charge in [0.15, 0.2) is 0 Å². The van der Waals surface area contributed by atoms with Crippen molar-refractivity contribution in [3.05, 3.63) is 70.7 Å². The molecule has 0 fully saturated rings. The van der Waals surface area contributed by atoms with Crippen LogP contribution in [0.2, 0.25) is 0 Å². The maximum Gasteiger partial charge on any atom is 0.134 e. The Labute approximate surface area is 123 Å². The minimum Gasteiger partial charge on any atom is -0.459 e. The molecule has 1 heterocycles. The number of nitrogens with two attached hydrogens (primary N) is 1. The predicted molar refractivity (Wildman–Crippen MR) is 82.7 cm³/mol. The lowest BCUT2D eigenvalue weighted by Gasteiger charge is -2.11. The van der Waals surface area contributed by atoms with Gasteiger partial charge in [-0.2, -0.15) is 0 Å². The van der Waals surface area contributed by atoms with Crippen molar-refractivity contribution < 1.29 is 8.81 Å². The van der Waals surface area contributed by atoms with Gasteiger partial charge in [0, 0.05) is 5.39 Å². The average Bonchev–Trinajstić information content (AvgIpc) is 2.85. The summed E-state index contributed by atoms with van der Waals surface area (Å²) in [7, 11) is 0. The van der Waals surface area contributed by atoms with E-state index in [0.717, 1.165) is 27.9 Å². The molecular weight excluding hydrogens is 265 g/mol. The van der Waals surface area contributed by atoms with E-state index in [2.05, 4.69) is 6.07 Å². The SMILES string of the molecule is Cc1ccc2oc(C(N)Cc3ccc(F)cc3C)cc2c1. The van der Waals surface area contributed by atoms with E-state index < -0.39 is 0 Å². The van der Waals surface area contributed by atoms with Crippen molar-refractivity contribution in [2.24, 2.45) is 5.73 Å². The molecule has 0 bridgehead atoms. The van der Waals surface area contributed by atoms with Gasteiger partial charge in [-0.25, -0.2) is 4.39 Å². The molecule has 0 aliphatic heterocycles. The molecule has 2 nitrogen and oxygen atoms in total. The van der Waals surface area contributed by atoms with Crippen LogP contribution >= 0.6 is 0 Å². The molecule has 3 rings (SSSR count). The molecule has 0 saturated carbocycles. The van der Waals surface area contributed by atoms with Crippen molar-refractivity contribution in [2.75, 3.05) is 0 Å². The Balaban J connectivity index is 1.87. The number of hydrogen-bond donors (Lipinski definition) is 1. The first kappa shape index (κ1) is 13.8. The minimum absolute atomic E-state index is 0.218. The van der Waals surface area contributed by atoms with Gasteiger partial charge in [-0.15, -0.1) is 0 Å². The van der Waals surface area contributed by atoms with Gasteiger partial charge in [0.1, 0.15) is 17.2 Å². The second-order valence-electron chi connectivity index (χ2n) is 5.57. The maximum absolute atomic E-state index is 13.1. The van der Waals surface area contributed by atoms with E-state index >= 15 is 0 Å². The first-order valence-electron chi connectivity index (χ1n) is 7.03. The van der Waals surface area contributed by atoms with Crippen LogP contribution in [0.25, 0.3) is 11.0 Å². The van der Waals surface area contributed by atoms with Crippen LogP contribution in [0.4, 0.5) is 4.39 Å². The summed E-state index contributed by atoms with van der Waals surface area (Å²) in [4.78, 5) is 0. The third kappa shape index (κ3) is 2.83. The Hall–Kier alpha value is -2.13. The summed E-state index contributed by atoms with van der Waals surface area (Å²) in [6.45, 7) is 3.95. The van der Waals surface area contributed by atoms with Crippen LogP contribution in [0.5, 0.6) is 0 Å². The average molecular weight is 283 g/mol. The van der Waals surface area contributed by atoms with Gasteiger partial charge in [0.25, 0.3) is 0 Å². The molecule has 21 heavy (non-hydrogen) atoms. The molecule has 3 aromatic rings. The fourth-order valence-corrected chi connectivity index (χ4v) is 2.59. The smallest absolute Gasteiger partial charge is 0.134 e. The van der Waals surface area contributed by atoms with Crippen LogP contribution in [0, 0.1) is 19.7 Å². The zero-order valence-electron chi connectivity index (χ0n) is 12.2. The largest absolute Gasteiger partial charge is 0.459 e. The zero-order chi connectivity index (χ0) is 15.0. The van der Waals surface area contributed by atoms with Crippen LogP contribution in [0.1, 0.15) is 28.5 Å². The lowest BCUT2D eigenvalue weighted by atomic mass is 10.00. The van der Waals surface area contributed by atoms with E-state index in [-0.39, 0.29) is 11.9 Å². The van der Waals surface area contributed by atoms with Crippen LogP contribution in [0.3, 0.4) is 0 Å². The predicted octanol–water partition coefficient (Wildman–Crippen LogP) is 4.43. The first-order valence-corrected chi connectivity index (χ1v) is 7.03. The summed E-state index contributed by atoms with van der Waals surface area (Å²) in [6.07, 6.45) is 0.630. The lowest BCUT2D eigenvalue weighted by Crippen LogP contribution is -2.13. The monoisotopic (exact) mass is 283 g/mol. The highest BCUT2D eigenvalue weighted by atomic mass is 19.1. The van der Waals surface area contributed by atoms with E-state index in [1.165, 1.54) is 17.7 Å². The Morgan fingerprint density at radius 3 is 2.67 bits per heavy atom. The number of hydrogen-bond acceptors (Lipinski definition) is 2. The molecule has 1 aromatic heterocycles. The molecule has 2 aromatic carbocycles. The highest BCUT2D eigenvalue weighted by Crippen LogP contribution is 2.26. The maximum atomic E-state index is 13.1. The third-order valence-electron chi connectivity index (χ3n) is 3.80. The summed E-state index contributed by atoms with van der Waals surface area (Å²) in [5, 5.41) is 1.07. The van der Waals surface area contributed by atoms with Gasteiger partial charge in [0.2, 0.25) is 0 Å². The molecule has 3 heteroatoms. The number of halogens is 1. The number of furan rings is 1. The van der Waals surface area contributed by atoms with Crippen LogP contribution in [0.15, 0.2) is 46.9 Å². The summed E-state index contributed by atoms with van der Waals surface area (Å²) in [6, 6.07) is 12.6. The van der Waals surface area contributed by atoms with Gasteiger partial charge in [-0.1, -0.05) is 17.7 Å². The Bertz CT molecular complexity index is 791.